The van der Waals surface area contributed by atoms with Crippen LogP contribution in [0.3, 0.4) is 0 Å². The fourth-order valence-corrected chi connectivity index (χ4v) is 6.01. The third-order valence-electron chi connectivity index (χ3n) is 8.03. The molecule has 44 heavy (non-hydrogen) atoms. The van der Waals surface area contributed by atoms with E-state index in [2.05, 4.69) is 13.5 Å². The Morgan fingerprint density at radius 2 is 0.795 bits per heavy atom. The summed E-state index contributed by atoms with van der Waals surface area (Å²) < 4.78 is 13.0. The zero-order valence-corrected chi connectivity index (χ0v) is 27.5. The van der Waals surface area contributed by atoms with Crippen LogP contribution in [0.1, 0.15) is 68.2 Å². The Bertz CT molecular complexity index is 1190. The van der Waals surface area contributed by atoms with Crippen molar-refractivity contribution in [1.29, 1.82) is 0 Å². The molecule has 2 aliphatic rings. The summed E-state index contributed by atoms with van der Waals surface area (Å²) in [6.07, 6.45) is 7.13. The number of rotatable bonds is 6. The first-order valence-electron chi connectivity index (χ1n) is 15.2. The van der Waals surface area contributed by atoms with Crippen molar-refractivity contribution in [2.45, 2.75) is 75.1 Å². The number of ether oxygens (including phenoxy) is 2. The standard InChI is InChI=1S/C31H30O4.C5H10.C3H5.Ti/c1-29(2)34-27(30(32,23-15-7-3-8-16-23)24-17-9-4-10-18-24)28(35-29)31(33,25-19-11-5-12-20-25)26-21-13-6-14-22-26;1-2-4-5-3-1;1-3-2;/h3-22,27-28,32-33H,1-2H3;1-5H2;3H,1-2H2;/q;;-1;+4/t27-,28-;;;/m0.../s1. The van der Waals surface area contributed by atoms with E-state index in [1.54, 1.807) is 0 Å². The van der Waals surface area contributed by atoms with E-state index in [4.69, 9.17) is 9.47 Å². The second kappa shape index (κ2) is 16.4. The van der Waals surface area contributed by atoms with Gasteiger partial charge in [-0.15, -0.1) is 0 Å². The van der Waals surface area contributed by atoms with E-state index >= 15 is 0 Å². The summed E-state index contributed by atoms with van der Waals surface area (Å²) >= 11 is 0. The van der Waals surface area contributed by atoms with Gasteiger partial charge in [0, 0.05) is 0 Å². The molecule has 1 heterocycles. The van der Waals surface area contributed by atoms with Crippen molar-refractivity contribution in [2.75, 3.05) is 0 Å². The summed E-state index contributed by atoms with van der Waals surface area (Å²) in [6, 6.07) is 37.8. The van der Waals surface area contributed by atoms with Crippen LogP contribution in [0.5, 0.6) is 0 Å². The molecule has 6 rings (SSSR count). The van der Waals surface area contributed by atoms with Crippen LogP contribution in [0.15, 0.2) is 134 Å². The Kier molecular flexibility index (Phi) is 13.2. The fourth-order valence-electron chi connectivity index (χ4n) is 6.01. The third-order valence-corrected chi connectivity index (χ3v) is 8.03. The average molecular weight is 626 g/mol. The summed E-state index contributed by atoms with van der Waals surface area (Å²) in [5.74, 6) is -1.05. The molecular formula is C39H45O4Ti+3. The van der Waals surface area contributed by atoms with Crippen molar-refractivity contribution in [3.05, 3.63) is 163 Å². The number of benzene rings is 4. The molecule has 1 aliphatic carbocycles. The zero-order valence-electron chi connectivity index (χ0n) is 25.9. The summed E-state index contributed by atoms with van der Waals surface area (Å²) in [6.45, 7) is 10.1. The third kappa shape index (κ3) is 8.00. The molecule has 2 N–H and O–H groups in total. The molecule has 1 saturated carbocycles. The first-order chi connectivity index (χ1) is 20.8. The van der Waals surface area contributed by atoms with E-state index in [-0.39, 0.29) is 21.7 Å². The van der Waals surface area contributed by atoms with Crippen molar-refractivity contribution in [3.8, 4) is 0 Å². The molecule has 0 bridgehead atoms. The predicted octanol–water partition coefficient (Wildman–Crippen LogP) is 8.33. The molecule has 0 spiro atoms. The molecule has 2 atom stereocenters. The molecular weight excluding hydrogens is 580 g/mol. The van der Waals surface area contributed by atoms with Gasteiger partial charge < -0.3 is 19.7 Å². The molecule has 1 saturated heterocycles. The molecule has 0 amide bonds. The van der Waals surface area contributed by atoms with Crippen LogP contribution in [0.4, 0.5) is 0 Å². The topological polar surface area (TPSA) is 58.9 Å². The van der Waals surface area contributed by atoms with Gasteiger partial charge in [0.1, 0.15) is 23.4 Å². The predicted molar refractivity (Wildman–Crippen MR) is 174 cm³/mol. The summed E-state index contributed by atoms with van der Waals surface area (Å²) in [4.78, 5) is 0. The Morgan fingerprint density at radius 3 is 1.00 bits per heavy atom. The Hall–Kier alpha value is -2.96. The fraction of sp³-hybridized carbons (Fsp3) is 0.308. The van der Waals surface area contributed by atoms with Gasteiger partial charge in [0.05, 0.1) is 0 Å². The molecule has 5 heteroatoms. The maximum absolute atomic E-state index is 12.6. The van der Waals surface area contributed by atoms with E-state index in [0.717, 1.165) is 0 Å². The van der Waals surface area contributed by atoms with E-state index in [9.17, 15) is 10.2 Å². The van der Waals surface area contributed by atoms with E-state index in [1.165, 1.54) is 38.2 Å². The van der Waals surface area contributed by atoms with Crippen molar-refractivity contribution in [1.82, 2.24) is 0 Å². The quantitative estimate of drug-likeness (QED) is 0.167. The van der Waals surface area contributed by atoms with E-state index in [1.807, 2.05) is 135 Å². The smallest absolute Gasteiger partial charge is 0.378 e. The Morgan fingerprint density at radius 1 is 0.591 bits per heavy atom. The maximum Gasteiger partial charge on any atom is 4.00 e. The average Bonchev–Trinajstić information content (AvgIpc) is 3.75. The SMILES string of the molecule is C1CCCC1.C=C[CH2-].CC1(C)O[C@H](C(O)(c2ccccc2)c2ccccc2)[C@@H](C(O)(c2ccccc2)c2ccccc2)O1.[Ti+4]. The molecule has 226 valence electrons. The van der Waals surface area contributed by atoms with Crippen LogP contribution >= 0.6 is 0 Å². The van der Waals surface area contributed by atoms with Crippen LogP contribution in [0, 0.1) is 6.92 Å². The number of hydrogen-bond acceptors (Lipinski definition) is 4. The molecule has 1 aliphatic heterocycles. The molecule has 4 aromatic carbocycles. The van der Waals surface area contributed by atoms with Crippen LogP contribution in [-0.4, -0.2) is 28.2 Å². The summed E-state index contributed by atoms with van der Waals surface area (Å²) in [5.41, 5.74) is -0.564. The van der Waals surface area contributed by atoms with Gasteiger partial charge in [0.2, 0.25) is 0 Å². The number of aliphatic hydroxyl groups is 2. The second-order valence-corrected chi connectivity index (χ2v) is 11.5. The van der Waals surface area contributed by atoms with Gasteiger partial charge >= 0.3 is 21.7 Å². The first kappa shape index (κ1) is 35.5. The van der Waals surface area contributed by atoms with Crippen LogP contribution in [0.2, 0.25) is 0 Å². The number of allylic oxidation sites excluding steroid dienone is 1. The van der Waals surface area contributed by atoms with Crippen LogP contribution < -0.4 is 0 Å². The largest absolute Gasteiger partial charge is 4.00 e. The van der Waals surface area contributed by atoms with Crippen LogP contribution in [0.25, 0.3) is 0 Å². The van der Waals surface area contributed by atoms with E-state index < -0.39 is 29.2 Å². The van der Waals surface area contributed by atoms with Gasteiger partial charge in [-0.05, 0) is 36.1 Å². The first-order valence-corrected chi connectivity index (χ1v) is 15.2. The van der Waals surface area contributed by atoms with Gasteiger partial charge in [-0.25, -0.2) is 19.6 Å². The van der Waals surface area contributed by atoms with Gasteiger partial charge in [-0.3, -0.25) is 0 Å². The minimum atomic E-state index is -1.60. The minimum Gasteiger partial charge on any atom is -0.378 e. The Balaban J connectivity index is 0.000000519. The Labute approximate surface area is 278 Å². The van der Waals surface area contributed by atoms with E-state index in [0.29, 0.717) is 22.3 Å². The van der Waals surface area contributed by atoms with Crippen LogP contribution in [-0.2, 0) is 42.4 Å². The van der Waals surface area contributed by atoms with Crippen molar-refractivity contribution in [3.63, 3.8) is 0 Å². The van der Waals surface area contributed by atoms with Gasteiger partial charge in [-0.2, -0.15) is 0 Å². The summed E-state index contributed by atoms with van der Waals surface area (Å²) in [7, 11) is 0. The van der Waals surface area contributed by atoms with Gasteiger partial charge in [-0.1, -0.05) is 153 Å². The second-order valence-electron chi connectivity index (χ2n) is 11.5. The zero-order chi connectivity index (χ0) is 30.8. The normalized spacial score (nSPS) is 18.9. The molecule has 2 fully saturated rings. The molecule has 4 aromatic rings. The molecule has 4 nitrogen and oxygen atoms in total. The molecule has 0 radical (unpaired) electrons. The van der Waals surface area contributed by atoms with Crippen molar-refractivity contribution >= 4 is 0 Å². The monoisotopic (exact) mass is 625 g/mol. The molecule has 0 aromatic heterocycles. The van der Waals surface area contributed by atoms with Gasteiger partial charge in [0.25, 0.3) is 0 Å². The molecule has 0 unspecified atom stereocenters. The van der Waals surface area contributed by atoms with Crippen molar-refractivity contribution < 1.29 is 41.4 Å². The van der Waals surface area contributed by atoms with Crippen molar-refractivity contribution in [2.24, 2.45) is 0 Å². The number of hydrogen-bond donors (Lipinski definition) is 2. The van der Waals surface area contributed by atoms with Gasteiger partial charge in [0.15, 0.2) is 5.79 Å². The minimum absolute atomic E-state index is 0. The maximum atomic E-state index is 12.6. The summed E-state index contributed by atoms with van der Waals surface area (Å²) in [5, 5.41) is 25.2.